The minimum absolute atomic E-state index is 0.0764. The lowest BCUT2D eigenvalue weighted by atomic mass is 10.0. The quantitative estimate of drug-likeness (QED) is 0.850. The average molecular weight is 263 g/mol. The summed E-state index contributed by atoms with van der Waals surface area (Å²) in [5.74, 6) is -1.53. The van der Waals surface area contributed by atoms with E-state index >= 15 is 0 Å². The molecule has 0 saturated carbocycles. The third-order valence-electron chi connectivity index (χ3n) is 3.79. The van der Waals surface area contributed by atoms with Crippen molar-refractivity contribution in [2.45, 2.75) is 26.3 Å². The predicted molar refractivity (Wildman–Crippen MR) is 69.1 cm³/mol. The van der Waals surface area contributed by atoms with Crippen LogP contribution in [0.5, 0.6) is 5.75 Å². The largest absolute Gasteiger partial charge is 0.508 e. The normalized spacial score (nSPS) is 22.5. The number of aryl methyl sites for hydroxylation is 1. The van der Waals surface area contributed by atoms with Crippen molar-refractivity contribution in [3.8, 4) is 5.75 Å². The van der Waals surface area contributed by atoms with Gasteiger partial charge in [0.05, 0.1) is 5.92 Å². The Hall–Kier alpha value is -2.04. The molecule has 2 rings (SSSR count). The van der Waals surface area contributed by atoms with E-state index < -0.39 is 11.9 Å². The van der Waals surface area contributed by atoms with Crippen molar-refractivity contribution in [1.29, 1.82) is 0 Å². The van der Waals surface area contributed by atoms with Gasteiger partial charge >= 0.3 is 5.97 Å². The Bertz CT molecular complexity index is 526. The van der Waals surface area contributed by atoms with Crippen LogP contribution >= 0.6 is 0 Å². The summed E-state index contributed by atoms with van der Waals surface area (Å²) in [5.41, 5.74) is 1.09. The minimum Gasteiger partial charge on any atom is -0.508 e. The molecular formula is C14H17NO4. The molecule has 0 radical (unpaired) electrons. The van der Waals surface area contributed by atoms with E-state index in [0.29, 0.717) is 24.1 Å². The third kappa shape index (κ3) is 2.41. The highest BCUT2D eigenvalue weighted by atomic mass is 16.4. The number of amides is 1. The number of hydrogen-bond donors (Lipinski definition) is 2. The van der Waals surface area contributed by atoms with Crippen LogP contribution in [0.2, 0.25) is 0 Å². The molecule has 1 saturated heterocycles. The number of carbonyl (C=O) groups excluding carboxylic acids is 1. The van der Waals surface area contributed by atoms with Gasteiger partial charge < -0.3 is 15.1 Å². The molecule has 2 unspecified atom stereocenters. The Kier molecular flexibility index (Phi) is 3.46. The summed E-state index contributed by atoms with van der Waals surface area (Å²) in [5, 5.41) is 18.7. The number of nitrogens with zero attached hydrogens (tertiary/aromatic N) is 1. The number of carbonyl (C=O) groups is 2. The highest BCUT2D eigenvalue weighted by Crippen LogP contribution is 2.27. The van der Waals surface area contributed by atoms with E-state index in [0.717, 1.165) is 0 Å². The van der Waals surface area contributed by atoms with Gasteiger partial charge in [0.25, 0.3) is 5.91 Å². The van der Waals surface area contributed by atoms with Gasteiger partial charge in [-0.15, -0.1) is 0 Å². The number of phenolic OH excluding ortho intramolecular Hbond substituents is 1. The standard InChI is InChI=1S/C14H17NO4/c1-8-3-4-10(7-12(8)16)13(17)15-6-5-11(9(15)2)14(18)19/h3-4,7,9,11,16H,5-6H2,1-2H3,(H,18,19). The minimum atomic E-state index is -0.866. The molecule has 0 aliphatic carbocycles. The van der Waals surface area contributed by atoms with Gasteiger partial charge in [0.15, 0.2) is 0 Å². The number of likely N-dealkylation sites (tertiary alicyclic amines) is 1. The maximum atomic E-state index is 12.3. The summed E-state index contributed by atoms with van der Waals surface area (Å²) < 4.78 is 0. The lowest BCUT2D eigenvalue weighted by molar-refractivity contribution is -0.142. The molecule has 1 amide bonds. The van der Waals surface area contributed by atoms with Crippen molar-refractivity contribution < 1.29 is 19.8 Å². The number of phenols is 1. The number of aliphatic carboxylic acids is 1. The van der Waals surface area contributed by atoms with Crippen LogP contribution < -0.4 is 0 Å². The van der Waals surface area contributed by atoms with Gasteiger partial charge in [-0.2, -0.15) is 0 Å². The van der Waals surface area contributed by atoms with Gasteiger partial charge in [-0.1, -0.05) is 6.07 Å². The van der Waals surface area contributed by atoms with Crippen molar-refractivity contribution in [2.24, 2.45) is 5.92 Å². The Morgan fingerprint density at radius 3 is 2.58 bits per heavy atom. The van der Waals surface area contributed by atoms with E-state index in [1.807, 2.05) is 0 Å². The molecule has 1 aromatic rings. The second-order valence-electron chi connectivity index (χ2n) is 4.97. The van der Waals surface area contributed by atoms with Gasteiger partial charge in [0.2, 0.25) is 0 Å². The van der Waals surface area contributed by atoms with Crippen LogP contribution in [0.4, 0.5) is 0 Å². The molecule has 5 heteroatoms. The van der Waals surface area contributed by atoms with Crippen molar-refractivity contribution in [2.75, 3.05) is 6.54 Å². The lowest BCUT2D eigenvalue weighted by Gasteiger charge is -2.23. The molecule has 1 aliphatic rings. The fourth-order valence-corrected chi connectivity index (χ4v) is 2.46. The molecule has 5 nitrogen and oxygen atoms in total. The summed E-state index contributed by atoms with van der Waals surface area (Å²) >= 11 is 0. The van der Waals surface area contributed by atoms with E-state index in [9.17, 15) is 14.7 Å². The molecule has 2 N–H and O–H groups in total. The van der Waals surface area contributed by atoms with E-state index in [2.05, 4.69) is 0 Å². The van der Waals surface area contributed by atoms with Crippen LogP contribution in [0.1, 0.15) is 29.3 Å². The van der Waals surface area contributed by atoms with Crippen LogP contribution in [0.3, 0.4) is 0 Å². The molecule has 2 atom stereocenters. The van der Waals surface area contributed by atoms with Crippen molar-refractivity contribution >= 4 is 11.9 Å². The van der Waals surface area contributed by atoms with E-state index in [4.69, 9.17) is 5.11 Å². The maximum Gasteiger partial charge on any atom is 0.308 e. The highest BCUT2D eigenvalue weighted by molar-refractivity contribution is 5.95. The van der Waals surface area contributed by atoms with E-state index in [1.54, 1.807) is 30.9 Å². The first-order chi connectivity index (χ1) is 8.91. The Balaban J connectivity index is 2.21. The SMILES string of the molecule is Cc1ccc(C(=O)N2CCC(C(=O)O)C2C)cc1O. The monoisotopic (exact) mass is 263 g/mol. The molecule has 0 bridgehead atoms. The first kappa shape index (κ1) is 13.4. The molecule has 0 aromatic heterocycles. The van der Waals surface area contributed by atoms with Crippen molar-refractivity contribution in [1.82, 2.24) is 4.90 Å². The van der Waals surface area contributed by atoms with E-state index in [1.165, 1.54) is 6.07 Å². The van der Waals surface area contributed by atoms with Crippen LogP contribution in [0.15, 0.2) is 18.2 Å². The van der Waals surface area contributed by atoms with E-state index in [-0.39, 0.29) is 17.7 Å². The number of hydrogen-bond acceptors (Lipinski definition) is 3. The van der Waals surface area contributed by atoms with Gasteiger partial charge in [-0.25, -0.2) is 0 Å². The Morgan fingerprint density at radius 1 is 1.37 bits per heavy atom. The molecular weight excluding hydrogens is 246 g/mol. The van der Waals surface area contributed by atoms with Gasteiger partial charge in [0, 0.05) is 18.2 Å². The fraction of sp³-hybridized carbons (Fsp3) is 0.429. The molecule has 1 aliphatic heterocycles. The first-order valence-corrected chi connectivity index (χ1v) is 6.25. The molecule has 0 spiro atoms. The predicted octanol–water partition coefficient (Wildman–Crippen LogP) is 1.64. The van der Waals surface area contributed by atoms with Gasteiger partial charge in [-0.05, 0) is 38.0 Å². The molecule has 1 fully saturated rings. The van der Waals surface area contributed by atoms with Crippen LogP contribution in [-0.4, -0.2) is 39.6 Å². The zero-order chi connectivity index (χ0) is 14.2. The summed E-state index contributed by atoms with van der Waals surface area (Å²) in [7, 11) is 0. The molecule has 1 heterocycles. The summed E-state index contributed by atoms with van der Waals surface area (Å²) in [6, 6.07) is 4.43. The third-order valence-corrected chi connectivity index (χ3v) is 3.79. The van der Waals surface area contributed by atoms with Crippen LogP contribution in [0.25, 0.3) is 0 Å². The second-order valence-corrected chi connectivity index (χ2v) is 4.97. The number of carboxylic acids is 1. The molecule has 102 valence electrons. The second kappa shape index (κ2) is 4.91. The van der Waals surface area contributed by atoms with Crippen LogP contribution in [-0.2, 0) is 4.79 Å². The lowest BCUT2D eigenvalue weighted by Crippen LogP contribution is -2.37. The van der Waals surface area contributed by atoms with Gasteiger partial charge in [-0.3, -0.25) is 9.59 Å². The molecule has 19 heavy (non-hydrogen) atoms. The topological polar surface area (TPSA) is 77.8 Å². The smallest absolute Gasteiger partial charge is 0.308 e. The molecule has 1 aromatic carbocycles. The zero-order valence-electron chi connectivity index (χ0n) is 11.0. The first-order valence-electron chi connectivity index (χ1n) is 6.25. The number of rotatable bonds is 2. The van der Waals surface area contributed by atoms with Crippen molar-refractivity contribution in [3.63, 3.8) is 0 Å². The average Bonchev–Trinajstić information content (AvgIpc) is 2.74. The highest BCUT2D eigenvalue weighted by Gasteiger charge is 2.38. The zero-order valence-corrected chi connectivity index (χ0v) is 11.0. The maximum absolute atomic E-state index is 12.3. The Labute approximate surface area is 111 Å². The number of benzene rings is 1. The fourth-order valence-electron chi connectivity index (χ4n) is 2.46. The summed E-state index contributed by atoms with van der Waals surface area (Å²) in [4.78, 5) is 24.9. The summed E-state index contributed by atoms with van der Waals surface area (Å²) in [6.07, 6.45) is 0.472. The van der Waals surface area contributed by atoms with Crippen molar-refractivity contribution in [3.05, 3.63) is 29.3 Å². The number of carboxylic acid groups (broad SMARTS) is 1. The summed E-state index contributed by atoms with van der Waals surface area (Å²) in [6.45, 7) is 3.94. The van der Waals surface area contributed by atoms with Gasteiger partial charge in [0.1, 0.15) is 5.75 Å². The van der Waals surface area contributed by atoms with Crippen LogP contribution in [0, 0.1) is 12.8 Å². The Morgan fingerprint density at radius 2 is 2.05 bits per heavy atom. The number of aromatic hydroxyl groups is 1.